The largest absolute Gasteiger partial charge is 0.314 e. The highest BCUT2D eigenvalue weighted by atomic mass is 35.5. The topological polar surface area (TPSA) is 15.3 Å². The van der Waals surface area contributed by atoms with Crippen molar-refractivity contribution in [3.05, 3.63) is 27.4 Å². The Bertz CT molecular complexity index is 343. The molecule has 0 bridgehead atoms. The highest BCUT2D eigenvalue weighted by molar-refractivity contribution is 7.16. The van der Waals surface area contributed by atoms with Gasteiger partial charge in [0.25, 0.3) is 0 Å². The summed E-state index contributed by atoms with van der Waals surface area (Å²) in [7, 11) is 0. The summed E-state index contributed by atoms with van der Waals surface area (Å²) in [5.74, 6) is 0. The smallest absolute Gasteiger partial charge is 0.0934 e. The Kier molecular flexibility index (Phi) is 4.85. The normalized spacial score (nSPS) is 18.3. The van der Waals surface area contributed by atoms with Gasteiger partial charge in [0.05, 0.1) is 4.34 Å². The van der Waals surface area contributed by atoms with Crippen LogP contribution in [0.5, 0.6) is 0 Å². The fourth-order valence-corrected chi connectivity index (χ4v) is 2.80. The van der Waals surface area contributed by atoms with E-state index in [0.717, 1.165) is 30.4 Å². The molecule has 2 rings (SSSR count). The number of piperazine rings is 1. The van der Waals surface area contributed by atoms with Crippen molar-refractivity contribution in [1.29, 1.82) is 0 Å². The van der Waals surface area contributed by atoms with Crippen molar-refractivity contribution >= 4 is 29.0 Å². The molecule has 1 fully saturated rings. The average molecular weight is 257 g/mol. The van der Waals surface area contributed by atoms with Crippen LogP contribution in [-0.4, -0.2) is 37.6 Å². The van der Waals surface area contributed by atoms with Gasteiger partial charge in [-0.3, -0.25) is 0 Å². The standard InChI is InChI=1S/C12H17ClN2S/c13-12-5-4-11(16-12)3-1-2-8-15-9-6-14-7-10-15/h1,3-5,14H,2,6-10H2/b3-1+. The van der Waals surface area contributed by atoms with Crippen LogP contribution in [0, 0.1) is 0 Å². The summed E-state index contributed by atoms with van der Waals surface area (Å²) >= 11 is 7.49. The van der Waals surface area contributed by atoms with Crippen LogP contribution in [0.3, 0.4) is 0 Å². The number of rotatable bonds is 4. The van der Waals surface area contributed by atoms with Gasteiger partial charge in [-0.1, -0.05) is 17.7 Å². The van der Waals surface area contributed by atoms with Gasteiger partial charge in [-0.05, 0) is 24.6 Å². The molecular formula is C12H17ClN2S. The first-order valence-electron chi connectivity index (χ1n) is 5.69. The van der Waals surface area contributed by atoms with Gasteiger partial charge in [0.2, 0.25) is 0 Å². The predicted octanol–water partition coefficient (Wildman–Crippen LogP) is 2.71. The third-order valence-electron chi connectivity index (χ3n) is 2.70. The van der Waals surface area contributed by atoms with Crippen LogP contribution in [0.2, 0.25) is 4.34 Å². The summed E-state index contributed by atoms with van der Waals surface area (Å²) in [6, 6.07) is 4.01. The number of nitrogens with one attached hydrogen (secondary N) is 1. The van der Waals surface area contributed by atoms with E-state index in [4.69, 9.17) is 11.6 Å². The lowest BCUT2D eigenvalue weighted by Crippen LogP contribution is -2.43. The Hall–Kier alpha value is -0.350. The lowest BCUT2D eigenvalue weighted by Gasteiger charge is -2.26. The molecule has 0 aliphatic carbocycles. The first-order valence-corrected chi connectivity index (χ1v) is 6.89. The van der Waals surface area contributed by atoms with Crippen molar-refractivity contribution in [3.8, 4) is 0 Å². The van der Waals surface area contributed by atoms with E-state index < -0.39 is 0 Å². The highest BCUT2D eigenvalue weighted by Gasteiger charge is 2.07. The van der Waals surface area contributed by atoms with Crippen molar-refractivity contribution in [2.75, 3.05) is 32.7 Å². The van der Waals surface area contributed by atoms with Crippen molar-refractivity contribution in [1.82, 2.24) is 10.2 Å². The second-order valence-electron chi connectivity index (χ2n) is 3.92. The number of thiophene rings is 1. The molecule has 88 valence electrons. The molecular weight excluding hydrogens is 240 g/mol. The molecule has 1 aromatic heterocycles. The maximum Gasteiger partial charge on any atom is 0.0934 e. The van der Waals surface area contributed by atoms with E-state index >= 15 is 0 Å². The molecule has 16 heavy (non-hydrogen) atoms. The summed E-state index contributed by atoms with van der Waals surface area (Å²) < 4.78 is 0.863. The van der Waals surface area contributed by atoms with Gasteiger partial charge in [-0.15, -0.1) is 11.3 Å². The van der Waals surface area contributed by atoms with Crippen LogP contribution in [0.1, 0.15) is 11.3 Å². The van der Waals surface area contributed by atoms with Crippen LogP contribution in [0.25, 0.3) is 6.08 Å². The molecule has 0 aromatic carbocycles. The summed E-state index contributed by atoms with van der Waals surface area (Å²) in [5, 5.41) is 3.36. The van der Waals surface area contributed by atoms with Gasteiger partial charge in [-0.2, -0.15) is 0 Å². The zero-order valence-corrected chi connectivity index (χ0v) is 10.9. The Balaban J connectivity index is 1.69. The van der Waals surface area contributed by atoms with E-state index in [1.54, 1.807) is 11.3 Å². The van der Waals surface area contributed by atoms with E-state index in [2.05, 4.69) is 28.4 Å². The third-order valence-corrected chi connectivity index (χ3v) is 3.89. The second kappa shape index (κ2) is 6.40. The maximum absolute atomic E-state index is 5.86. The summed E-state index contributed by atoms with van der Waals surface area (Å²) in [6.07, 6.45) is 5.53. The van der Waals surface area contributed by atoms with Crippen LogP contribution in [-0.2, 0) is 0 Å². The van der Waals surface area contributed by atoms with Gasteiger partial charge in [0, 0.05) is 37.6 Å². The lowest BCUT2D eigenvalue weighted by atomic mass is 10.3. The summed E-state index contributed by atoms with van der Waals surface area (Å²) in [5.41, 5.74) is 0. The zero-order chi connectivity index (χ0) is 11.2. The maximum atomic E-state index is 5.86. The van der Waals surface area contributed by atoms with Crippen LogP contribution in [0.4, 0.5) is 0 Å². The van der Waals surface area contributed by atoms with Crippen LogP contribution in [0.15, 0.2) is 18.2 Å². The minimum absolute atomic E-state index is 0.863. The van der Waals surface area contributed by atoms with E-state index in [-0.39, 0.29) is 0 Å². The van der Waals surface area contributed by atoms with Crippen LogP contribution >= 0.6 is 22.9 Å². The number of nitrogens with zero attached hydrogens (tertiary/aromatic N) is 1. The Morgan fingerprint density at radius 3 is 2.88 bits per heavy atom. The minimum atomic E-state index is 0.863. The molecule has 1 N–H and O–H groups in total. The zero-order valence-electron chi connectivity index (χ0n) is 9.29. The molecule has 2 nitrogen and oxygen atoms in total. The molecule has 1 saturated heterocycles. The van der Waals surface area contributed by atoms with Crippen LogP contribution < -0.4 is 5.32 Å². The van der Waals surface area contributed by atoms with Gasteiger partial charge in [0.1, 0.15) is 0 Å². The number of halogens is 1. The summed E-state index contributed by atoms with van der Waals surface area (Å²) in [6.45, 7) is 5.78. The van der Waals surface area contributed by atoms with E-state index in [1.165, 1.54) is 18.0 Å². The second-order valence-corrected chi connectivity index (χ2v) is 5.67. The van der Waals surface area contributed by atoms with Gasteiger partial charge in [-0.25, -0.2) is 0 Å². The SMILES string of the molecule is Clc1ccc(/C=C/CCN2CCNCC2)s1. The van der Waals surface area contributed by atoms with Crippen molar-refractivity contribution in [2.45, 2.75) is 6.42 Å². The number of hydrogen-bond donors (Lipinski definition) is 1. The molecule has 0 spiro atoms. The van der Waals surface area contributed by atoms with Crippen molar-refractivity contribution in [3.63, 3.8) is 0 Å². The van der Waals surface area contributed by atoms with E-state index in [0.29, 0.717) is 0 Å². The van der Waals surface area contributed by atoms with Crippen molar-refractivity contribution in [2.24, 2.45) is 0 Å². The Morgan fingerprint density at radius 1 is 1.38 bits per heavy atom. The first kappa shape index (κ1) is 12.1. The minimum Gasteiger partial charge on any atom is -0.314 e. The van der Waals surface area contributed by atoms with Gasteiger partial charge < -0.3 is 10.2 Å². The molecule has 0 amide bonds. The van der Waals surface area contributed by atoms with E-state index in [9.17, 15) is 0 Å². The number of hydrogen-bond acceptors (Lipinski definition) is 3. The molecule has 0 saturated carbocycles. The summed E-state index contributed by atoms with van der Waals surface area (Å²) in [4.78, 5) is 3.74. The first-order chi connectivity index (χ1) is 7.84. The molecule has 1 aromatic rings. The van der Waals surface area contributed by atoms with Gasteiger partial charge >= 0.3 is 0 Å². The lowest BCUT2D eigenvalue weighted by molar-refractivity contribution is 0.245. The molecule has 0 unspecified atom stereocenters. The highest BCUT2D eigenvalue weighted by Crippen LogP contribution is 2.22. The van der Waals surface area contributed by atoms with Crippen molar-refractivity contribution < 1.29 is 0 Å². The van der Waals surface area contributed by atoms with E-state index in [1.807, 2.05) is 6.07 Å². The molecule has 1 aliphatic heterocycles. The molecule has 4 heteroatoms. The van der Waals surface area contributed by atoms with Gasteiger partial charge in [0.15, 0.2) is 0 Å². The predicted molar refractivity (Wildman–Crippen MR) is 72.3 cm³/mol. The third kappa shape index (κ3) is 3.91. The molecule has 1 aliphatic rings. The fourth-order valence-electron chi connectivity index (χ4n) is 1.81. The Labute approximate surface area is 106 Å². The quantitative estimate of drug-likeness (QED) is 0.891. The monoisotopic (exact) mass is 256 g/mol. The fraction of sp³-hybridized carbons (Fsp3) is 0.500. The Morgan fingerprint density at radius 2 is 2.19 bits per heavy atom. The molecule has 0 atom stereocenters. The molecule has 0 radical (unpaired) electrons. The molecule has 2 heterocycles. The average Bonchev–Trinajstić information content (AvgIpc) is 2.72.